The van der Waals surface area contributed by atoms with Gasteiger partial charge in [0.1, 0.15) is 6.10 Å². The van der Waals surface area contributed by atoms with E-state index in [-0.39, 0.29) is 44.2 Å². The molecule has 0 saturated heterocycles. The predicted molar refractivity (Wildman–Crippen MR) is 87.3 cm³/mol. The number of aliphatic carboxylic acids is 1. The molecule has 0 aliphatic carbocycles. The quantitative estimate of drug-likeness (QED) is 0.120. The molecule has 0 aromatic carbocycles. The molecule has 0 bridgehead atoms. The van der Waals surface area contributed by atoms with Crippen LogP contribution in [-0.2, 0) is 14.4 Å². The number of nitrogens with one attached hydrogen (secondary N) is 4. The number of guanidine groups is 1. The van der Waals surface area contributed by atoms with E-state index in [9.17, 15) is 19.5 Å². The van der Waals surface area contributed by atoms with Crippen molar-refractivity contribution in [2.24, 2.45) is 5.73 Å². The van der Waals surface area contributed by atoms with Crippen LogP contribution in [0.5, 0.6) is 0 Å². The van der Waals surface area contributed by atoms with E-state index in [1.165, 1.54) is 0 Å². The van der Waals surface area contributed by atoms with E-state index in [0.717, 1.165) is 12.8 Å². The van der Waals surface area contributed by atoms with Crippen LogP contribution in [0.2, 0.25) is 0 Å². The van der Waals surface area contributed by atoms with Gasteiger partial charge in [-0.3, -0.25) is 19.8 Å². The molecule has 0 aliphatic rings. The van der Waals surface area contributed by atoms with Gasteiger partial charge < -0.3 is 31.9 Å². The van der Waals surface area contributed by atoms with Gasteiger partial charge in [0.05, 0.1) is 6.54 Å². The molecule has 138 valence electrons. The molecule has 0 aromatic rings. The minimum Gasteiger partial charge on any atom is -0.481 e. The monoisotopic (exact) mass is 345 g/mol. The van der Waals surface area contributed by atoms with E-state index >= 15 is 0 Å². The summed E-state index contributed by atoms with van der Waals surface area (Å²) in [5.74, 6) is -1.93. The summed E-state index contributed by atoms with van der Waals surface area (Å²) in [4.78, 5) is 33.4. The molecular weight excluding hydrogens is 318 g/mol. The summed E-state index contributed by atoms with van der Waals surface area (Å²) in [6, 6.07) is 0. The van der Waals surface area contributed by atoms with Crippen molar-refractivity contribution in [3.63, 3.8) is 0 Å². The first-order chi connectivity index (χ1) is 11.3. The molecule has 0 unspecified atom stereocenters. The molecule has 0 fully saturated rings. The first-order valence-corrected chi connectivity index (χ1v) is 7.85. The second-order valence-corrected chi connectivity index (χ2v) is 5.26. The third-order valence-electron chi connectivity index (χ3n) is 3.06. The molecule has 0 saturated carbocycles. The predicted octanol–water partition coefficient (Wildman–Crippen LogP) is -1.51. The molecule has 2 amide bonds. The number of unbranched alkanes of at least 4 members (excludes halogenated alkanes) is 2. The number of carboxylic acid groups (broad SMARTS) is 1. The standard InChI is InChI=1S/C14H27N5O5/c15-14(16)18-7-3-1-2-5-11(21)19-9-10(20)13(24)17-8-4-6-12(22)23/h10,20H,1-9H2,(H,17,24)(H,19,21)(H,22,23)(H4,15,16,18)/t10-/m0/s1. The highest BCUT2D eigenvalue weighted by atomic mass is 16.4. The maximum Gasteiger partial charge on any atom is 0.303 e. The summed E-state index contributed by atoms with van der Waals surface area (Å²) in [6.45, 7) is 0.553. The van der Waals surface area contributed by atoms with Crippen LogP contribution in [0.15, 0.2) is 0 Å². The van der Waals surface area contributed by atoms with Gasteiger partial charge in [-0.1, -0.05) is 6.42 Å². The van der Waals surface area contributed by atoms with Crippen molar-refractivity contribution in [1.82, 2.24) is 16.0 Å². The van der Waals surface area contributed by atoms with E-state index in [4.69, 9.17) is 16.2 Å². The first-order valence-electron chi connectivity index (χ1n) is 7.85. The van der Waals surface area contributed by atoms with Crippen molar-refractivity contribution in [1.29, 1.82) is 5.41 Å². The van der Waals surface area contributed by atoms with Gasteiger partial charge in [0.2, 0.25) is 5.91 Å². The van der Waals surface area contributed by atoms with E-state index in [1.54, 1.807) is 0 Å². The highest BCUT2D eigenvalue weighted by molar-refractivity contribution is 5.82. The Bertz CT molecular complexity index is 430. The van der Waals surface area contributed by atoms with Crippen LogP contribution in [-0.4, -0.2) is 59.7 Å². The second-order valence-electron chi connectivity index (χ2n) is 5.26. The number of carbonyl (C=O) groups excluding carboxylic acids is 2. The molecule has 8 N–H and O–H groups in total. The number of aliphatic hydroxyl groups is 1. The van der Waals surface area contributed by atoms with Crippen molar-refractivity contribution in [2.75, 3.05) is 19.6 Å². The highest BCUT2D eigenvalue weighted by Crippen LogP contribution is 1.99. The van der Waals surface area contributed by atoms with Crippen LogP contribution in [0.1, 0.15) is 38.5 Å². The fraction of sp³-hybridized carbons (Fsp3) is 0.714. The molecule has 0 radical (unpaired) electrons. The van der Waals surface area contributed by atoms with E-state index in [0.29, 0.717) is 13.0 Å². The summed E-state index contributed by atoms with van der Waals surface area (Å²) in [5.41, 5.74) is 5.12. The van der Waals surface area contributed by atoms with E-state index < -0.39 is 18.0 Å². The molecule has 0 aromatic heterocycles. The lowest BCUT2D eigenvalue weighted by Gasteiger charge is -2.12. The van der Waals surface area contributed by atoms with Gasteiger partial charge in [0.25, 0.3) is 5.91 Å². The van der Waals surface area contributed by atoms with Crippen LogP contribution in [0.25, 0.3) is 0 Å². The smallest absolute Gasteiger partial charge is 0.303 e. The lowest BCUT2D eigenvalue weighted by atomic mass is 10.2. The van der Waals surface area contributed by atoms with Gasteiger partial charge in [0.15, 0.2) is 5.96 Å². The van der Waals surface area contributed by atoms with Crippen LogP contribution < -0.4 is 21.7 Å². The minimum atomic E-state index is -1.36. The lowest BCUT2D eigenvalue weighted by Crippen LogP contribution is -2.43. The number of hydrogen-bond acceptors (Lipinski definition) is 5. The Labute approximate surface area is 140 Å². The molecule has 10 heteroatoms. The zero-order valence-corrected chi connectivity index (χ0v) is 13.6. The van der Waals surface area contributed by atoms with E-state index in [2.05, 4.69) is 16.0 Å². The zero-order chi connectivity index (χ0) is 18.4. The average molecular weight is 345 g/mol. The third kappa shape index (κ3) is 13.3. The Morgan fingerprint density at radius 3 is 2.25 bits per heavy atom. The minimum absolute atomic E-state index is 0.0605. The van der Waals surface area contributed by atoms with Gasteiger partial charge >= 0.3 is 5.97 Å². The summed E-state index contributed by atoms with van der Waals surface area (Å²) in [7, 11) is 0. The number of nitrogens with two attached hydrogens (primary N) is 1. The van der Waals surface area contributed by atoms with Crippen molar-refractivity contribution >= 4 is 23.7 Å². The third-order valence-corrected chi connectivity index (χ3v) is 3.06. The number of carbonyl (C=O) groups is 3. The van der Waals surface area contributed by atoms with Crippen LogP contribution in [0, 0.1) is 5.41 Å². The first kappa shape index (κ1) is 21.6. The summed E-state index contributed by atoms with van der Waals surface area (Å²) in [5, 5.41) is 32.5. The highest BCUT2D eigenvalue weighted by Gasteiger charge is 2.15. The van der Waals surface area contributed by atoms with Crippen molar-refractivity contribution in [3.05, 3.63) is 0 Å². The maximum atomic E-state index is 11.6. The molecule has 0 spiro atoms. The van der Waals surface area contributed by atoms with Crippen LogP contribution in [0.4, 0.5) is 0 Å². The SMILES string of the molecule is N=C(N)NCCCCCC(=O)NC[C@H](O)C(=O)NCCCC(=O)O. The van der Waals surface area contributed by atoms with Crippen molar-refractivity contribution < 1.29 is 24.6 Å². The summed E-state index contributed by atoms with van der Waals surface area (Å²) >= 11 is 0. The molecular formula is C14H27N5O5. The molecule has 0 aliphatic heterocycles. The van der Waals surface area contributed by atoms with Crippen LogP contribution >= 0.6 is 0 Å². The fourth-order valence-corrected chi connectivity index (χ4v) is 1.77. The number of aliphatic hydroxyl groups excluding tert-OH is 1. The topological polar surface area (TPSA) is 178 Å². The molecule has 10 nitrogen and oxygen atoms in total. The van der Waals surface area contributed by atoms with E-state index in [1.807, 2.05) is 0 Å². The number of carboxylic acids is 1. The van der Waals surface area contributed by atoms with Crippen molar-refractivity contribution in [2.45, 2.75) is 44.6 Å². The van der Waals surface area contributed by atoms with Gasteiger partial charge in [-0.05, 0) is 19.3 Å². The number of amides is 2. The molecule has 24 heavy (non-hydrogen) atoms. The summed E-state index contributed by atoms with van der Waals surface area (Å²) in [6.07, 6.45) is 1.37. The number of hydrogen-bond donors (Lipinski definition) is 7. The Morgan fingerprint density at radius 1 is 0.958 bits per heavy atom. The maximum absolute atomic E-state index is 11.6. The Morgan fingerprint density at radius 2 is 1.62 bits per heavy atom. The Balaban J connectivity index is 3.64. The average Bonchev–Trinajstić information content (AvgIpc) is 2.51. The normalized spacial score (nSPS) is 11.4. The zero-order valence-electron chi connectivity index (χ0n) is 13.6. The molecule has 1 atom stereocenters. The largest absolute Gasteiger partial charge is 0.481 e. The van der Waals surface area contributed by atoms with Gasteiger partial charge in [-0.2, -0.15) is 0 Å². The van der Waals surface area contributed by atoms with Gasteiger partial charge in [0, 0.05) is 25.9 Å². The molecule has 0 rings (SSSR count). The van der Waals surface area contributed by atoms with Crippen molar-refractivity contribution in [3.8, 4) is 0 Å². The summed E-state index contributed by atoms with van der Waals surface area (Å²) < 4.78 is 0. The fourth-order valence-electron chi connectivity index (χ4n) is 1.77. The number of rotatable bonds is 13. The van der Waals surface area contributed by atoms with Gasteiger partial charge in [-0.25, -0.2) is 0 Å². The Kier molecular flexibility index (Phi) is 11.8. The van der Waals surface area contributed by atoms with Crippen LogP contribution in [0.3, 0.4) is 0 Å². The second kappa shape index (κ2) is 13.1. The Hall–Kier alpha value is -2.36. The van der Waals surface area contributed by atoms with Gasteiger partial charge in [-0.15, -0.1) is 0 Å². The molecule has 0 heterocycles. The lowest BCUT2D eigenvalue weighted by molar-refractivity contribution is -0.137.